The third-order valence-electron chi connectivity index (χ3n) is 7.42. The molecule has 0 bridgehead atoms. The Labute approximate surface area is 299 Å². The average Bonchev–Trinajstić information content (AvgIpc) is 3.74. The molecule has 0 aromatic carbocycles. The first-order chi connectivity index (χ1) is 23.8. The molecule has 19 heteroatoms. The van der Waals surface area contributed by atoms with Gasteiger partial charge in [-0.25, -0.2) is 9.59 Å². The molecule has 0 aromatic rings. The Bertz CT molecular complexity index is 1060. The molecule has 3 atom stereocenters. The Hall–Kier alpha value is -2.29. The van der Waals surface area contributed by atoms with Crippen LogP contribution < -0.4 is 21.3 Å². The molecule has 0 aromatic heterocycles. The fourth-order valence-electron chi connectivity index (χ4n) is 4.92. The Morgan fingerprint density at radius 3 is 2.06 bits per heavy atom. The van der Waals surface area contributed by atoms with E-state index in [9.17, 15) is 28.8 Å². The van der Waals surface area contributed by atoms with E-state index in [4.69, 9.17) is 23.8 Å². The maximum absolute atomic E-state index is 12.0. The molecule has 0 spiro atoms. The van der Waals surface area contributed by atoms with E-state index in [-0.39, 0.29) is 62.2 Å². The van der Waals surface area contributed by atoms with E-state index >= 15 is 0 Å². The quantitative estimate of drug-likeness (QED) is 0.0379. The summed E-state index contributed by atoms with van der Waals surface area (Å²) in [4.78, 5) is 74.8. The molecule has 49 heavy (non-hydrogen) atoms. The topological polar surface area (TPSA) is 200 Å². The van der Waals surface area contributed by atoms with Gasteiger partial charge in [-0.05, 0) is 12.8 Å². The van der Waals surface area contributed by atoms with Crippen LogP contribution in [0, 0.1) is 0 Å². The van der Waals surface area contributed by atoms with Gasteiger partial charge in [-0.2, -0.15) is 11.8 Å². The Balaban J connectivity index is 0.968. The highest BCUT2D eigenvalue weighted by atomic mass is 33.1. The van der Waals surface area contributed by atoms with E-state index in [2.05, 4.69) is 21.3 Å². The van der Waals surface area contributed by atoms with Crippen LogP contribution in [-0.4, -0.2) is 141 Å². The van der Waals surface area contributed by atoms with Crippen LogP contribution in [0.25, 0.3) is 0 Å². The van der Waals surface area contributed by atoms with Crippen LogP contribution in [0.3, 0.4) is 0 Å². The number of hydrogen-bond acceptors (Lipinski definition) is 14. The van der Waals surface area contributed by atoms with Crippen molar-refractivity contribution in [3.8, 4) is 0 Å². The number of amides is 6. The van der Waals surface area contributed by atoms with E-state index in [1.165, 1.54) is 21.6 Å². The number of carbonyl (C=O) groups is 6. The van der Waals surface area contributed by atoms with Crippen LogP contribution in [0.2, 0.25) is 0 Å². The minimum Gasteiger partial charge on any atom is -0.379 e. The van der Waals surface area contributed by atoms with Crippen LogP contribution in [0.1, 0.15) is 51.4 Å². The number of hydrogen-bond donors (Lipinski definition) is 4. The SMILES string of the molecule is O=C(CCCC[C@@H]1SC[C@@H]2NC(=O)N[C@@H]21)NCCOCCOCCOCCOCCC(=O)NCCSSCCC(=O)ON1C(=O)CCC1=O. The number of urea groups is 1. The molecular weight excluding hydrogens is 703 g/mol. The first-order valence-electron chi connectivity index (χ1n) is 16.7. The predicted molar refractivity (Wildman–Crippen MR) is 185 cm³/mol. The lowest BCUT2D eigenvalue weighted by molar-refractivity contribution is -0.197. The van der Waals surface area contributed by atoms with Crippen molar-refractivity contribution in [3.05, 3.63) is 0 Å². The number of nitrogens with zero attached hydrogens (tertiary/aromatic N) is 1. The molecule has 3 rings (SSSR count). The zero-order valence-corrected chi connectivity index (χ0v) is 30.2. The largest absolute Gasteiger partial charge is 0.379 e. The fourth-order valence-corrected chi connectivity index (χ4v) is 8.34. The average molecular weight is 752 g/mol. The zero-order chi connectivity index (χ0) is 35.1. The molecule has 6 amide bonds. The predicted octanol–water partition coefficient (Wildman–Crippen LogP) is 0.780. The third kappa shape index (κ3) is 17.5. The van der Waals surface area contributed by atoms with Crippen molar-refractivity contribution >= 4 is 69.0 Å². The molecule has 4 N–H and O–H groups in total. The number of carbonyl (C=O) groups excluding carboxylic acids is 6. The Morgan fingerprint density at radius 1 is 0.735 bits per heavy atom. The van der Waals surface area contributed by atoms with Crippen molar-refractivity contribution in [1.82, 2.24) is 26.3 Å². The van der Waals surface area contributed by atoms with Gasteiger partial charge in [0.05, 0.1) is 71.4 Å². The van der Waals surface area contributed by atoms with Crippen molar-refractivity contribution in [3.63, 3.8) is 0 Å². The summed E-state index contributed by atoms with van der Waals surface area (Å²) in [5.41, 5.74) is 0. The van der Waals surface area contributed by atoms with Gasteiger partial charge in [0, 0.05) is 61.3 Å². The normalized spacial score (nSPS) is 19.9. The Morgan fingerprint density at radius 2 is 1.35 bits per heavy atom. The number of thioether (sulfide) groups is 1. The van der Waals surface area contributed by atoms with Gasteiger partial charge >= 0.3 is 12.0 Å². The molecule has 0 unspecified atom stereocenters. The smallest absolute Gasteiger partial charge is 0.334 e. The van der Waals surface area contributed by atoms with Crippen molar-refractivity contribution in [2.24, 2.45) is 0 Å². The van der Waals surface area contributed by atoms with Crippen LogP contribution >= 0.6 is 33.3 Å². The van der Waals surface area contributed by atoms with E-state index in [0.29, 0.717) is 87.6 Å². The summed E-state index contributed by atoms with van der Waals surface area (Å²) in [6, 6.07) is 0.370. The van der Waals surface area contributed by atoms with Gasteiger partial charge in [0.15, 0.2) is 0 Å². The van der Waals surface area contributed by atoms with Crippen LogP contribution in [0.15, 0.2) is 0 Å². The lowest BCUT2D eigenvalue weighted by Crippen LogP contribution is -2.36. The van der Waals surface area contributed by atoms with E-state index < -0.39 is 17.8 Å². The van der Waals surface area contributed by atoms with Gasteiger partial charge in [0.2, 0.25) is 11.8 Å². The van der Waals surface area contributed by atoms with Gasteiger partial charge in [-0.15, -0.1) is 5.06 Å². The molecule has 3 aliphatic heterocycles. The second kappa shape index (κ2) is 24.8. The summed E-state index contributed by atoms with van der Waals surface area (Å²) in [5.74, 6) is 0.344. The highest BCUT2D eigenvalue weighted by Gasteiger charge is 2.42. The van der Waals surface area contributed by atoms with Gasteiger partial charge in [0.25, 0.3) is 11.8 Å². The van der Waals surface area contributed by atoms with Crippen molar-refractivity contribution in [1.29, 1.82) is 0 Å². The lowest BCUT2D eigenvalue weighted by Gasteiger charge is -2.16. The number of fused-ring (bicyclic) bond motifs is 1. The molecule has 3 heterocycles. The number of ether oxygens (including phenoxy) is 4. The first-order valence-corrected chi connectivity index (χ1v) is 20.2. The van der Waals surface area contributed by atoms with Crippen molar-refractivity contribution in [2.45, 2.75) is 68.7 Å². The maximum atomic E-state index is 12.0. The molecule has 0 radical (unpaired) electrons. The number of nitrogens with one attached hydrogen (secondary N) is 4. The fraction of sp³-hybridized carbons (Fsp3) is 0.800. The second-order valence-corrected chi connectivity index (χ2v) is 15.2. The van der Waals surface area contributed by atoms with E-state index in [1.54, 1.807) is 0 Å². The molecule has 278 valence electrons. The van der Waals surface area contributed by atoms with Gasteiger partial charge in [-0.1, -0.05) is 28.0 Å². The molecule has 0 aliphatic carbocycles. The van der Waals surface area contributed by atoms with Crippen molar-refractivity contribution in [2.75, 3.05) is 83.2 Å². The van der Waals surface area contributed by atoms with Crippen LogP contribution in [0.5, 0.6) is 0 Å². The molecule has 0 saturated carbocycles. The minimum absolute atomic E-state index is 0.0222. The highest BCUT2D eigenvalue weighted by Crippen LogP contribution is 2.33. The van der Waals surface area contributed by atoms with Gasteiger partial charge in [0.1, 0.15) is 0 Å². The number of imide groups is 1. The summed E-state index contributed by atoms with van der Waals surface area (Å²) >= 11 is 1.89. The highest BCUT2D eigenvalue weighted by molar-refractivity contribution is 8.76. The lowest BCUT2D eigenvalue weighted by atomic mass is 10.0. The zero-order valence-electron chi connectivity index (χ0n) is 27.7. The molecular formula is C30H49N5O11S3. The Kier molecular flexibility index (Phi) is 20.8. The van der Waals surface area contributed by atoms with E-state index in [1.807, 2.05) is 11.8 Å². The summed E-state index contributed by atoms with van der Waals surface area (Å²) in [6.07, 6.45) is 3.71. The number of unbranched alkanes of at least 4 members (excludes halogenated alkanes) is 1. The monoisotopic (exact) mass is 751 g/mol. The summed E-state index contributed by atoms with van der Waals surface area (Å²) < 4.78 is 21.8. The van der Waals surface area contributed by atoms with Gasteiger partial charge in [-0.3, -0.25) is 19.2 Å². The third-order valence-corrected chi connectivity index (χ3v) is 11.3. The standard InChI is InChI=1S/C30H49N5O11S3/c36-24(4-2-1-3-23-29-22(21-47-23)33-30(41)34-29)31-9-12-43-14-16-45-18-17-44-15-13-42-11-7-25(37)32-10-20-49-48-19-8-28(40)46-35-26(38)5-6-27(35)39/h22-23,29H,1-21H2,(H,31,36)(H,32,37)(H2,33,34,41)/t22-,23-,29-/m0/s1. The maximum Gasteiger partial charge on any atom is 0.334 e. The van der Waals surface area contributed by atoms with Gasteiger partial charge < -0.3 is 45.1 Å². The molecule has 3 fully saturated rings. The molecule has 3 saturated heterocycles. The summed E-state index contributed by atoms with van der Waals surface area (Å²) in [7, 11) is 2.94. The van der Waals surface area contributed by atoms with Crippen LogP contribution in [-0.2, 0) is 47.8 Å². The first kappa shape index (κ1) is 41.1. The van der Waals surface area contributed by atoms with E-state index in [0.717, 1.165) is 25.0 Å². The minimum atomic E-state index is -0.627. The van der Waals surface area contributed by atoms with Crippen molar-refractivity contribution < 1.29 is 52.6 Å². The van der Waals surface area contributed by atoms with Crippen LogP contribution in [0.4, 0.5) is 4.79 Å². The number of rotatable bonds is 28. The number of hydroxylamine groups is 2. The second-order valence-electron chi connectivity index (χ2n) is 11.2. The summed E-state index contributed by atoms with van der Waals surface area (Å²) in [6.45, 7) is 4.10. The summed E-state index contributed by atoms with van der Waals surface area (Å²) in [5, 5.41) is 12.6. The molecule has 16 nitrogen and oxygen atoms in total. The molecule has 3 aliphatic rings.